The zero-order chi connectivity index (χ0) is 22.9. The zero-order valence-electron chi connectivity index (χ0n) is 17.6. The lowest BCUT2D eigenvalue weighted by atomic mass is 10.1. The number of hydrogen-bond donors (Lipinski definition) is 0. The average molecular weight is 445 g/mol. The van der Waals surface area contributed by atoms with Crippen molar-refractivity contribution in [3.05, 3.63) is 59.6 Å². The Morgan fingerprint density at radius 2 is 1.72 bits per heavy atom. The standard InChI is InChI=1S/C22H22F3N5O2/c1-14(2)20-27-19(28-32-20)16-5-8-18(26-13-16)29-9-11-30(12-10-29)21(31)15-3-6-17(7-4-15)22(23,24)25/h3-8,13-14H,9-12H2,1-2H3. The molecule has 1 fully saturated rings. The van der Waals surface area contributed by atoms with Crippen LogP contribution in [0.25, 0.3) is 11.4 Å². The summed E-state index contributed by atoms with van der Waals surface area (Å²) in [6.45, 7) is 5.98. The number of rotatable bonds is 4. The molecule has 1 aliphatic rings. The molecule has 1 aromatic carbocycles. The minimum atomic E-state index is -4.42. The third-order valence-corrected chi connectivity index (χ3v) is 5.29. The number of pyridine rings is 1. The van der Waals surface area contributed by atoms with Crippen LogP contribution in [0.15, 0.2) is 47.1 Å². The van der Waals surface area contributed by atoms with Crippen LogP contribution in [0.1, 0.15) is 41.6 Å². The van der Waals surface area contributed by atoms with Crippen LogP contribution in [0.4, 0.5) is 19.0 Å². The number of carbonyl (C=O) groups excluding carboxylic acids is 1. The van der Waals surface area contributed by atoms with Crippen molar-refractivity contribution < 1.29 is 22.5 Å². The summed E-state index contributed by atoms with van der Waals surface area (Å²) in [5.74, 6) is 1.69. The van der Waals surface area contributed by atoms with Crippen LogP contribution in [0.2, 0.25) is 0 Å². The van der Waals surface area contributed by atoms with Gasteiger partial charge < -0.3 is 14.3 Å². The number of carbonyl (C=O) groups is 1. The minimum absolute atomic E-state index is 0.144. The Kier molecular flexibility index (Phi) is 5.86. The van der Waals surface area contributed by atoms with Gasteiger partial charge in [-0.15, -0.1) is 0 Å². The number of halogens is 3. The fraction of sp³-hybridized carbons (Fsp3) is 0.364. The highest BCUT2D eigenvalue weighted by Gasteiger charge is 2.31. The first-order valence-corrected chi connectivity index (χ1v) is 10.2. The van der Waals surface area contributed by atoms with Gasteiger partial charge in [-0.3, -0.25) is 4.79 Å². The number of hydrogen-bond acceptors (Lipinski definition) is 6. The maximum Gasteiger partial charge on any atom is 0.416 e. The number of amides is 1. The molecule has 0 spiro atoms. The van der Waals surface area contributed by atoms with Crippen LogP contribution in [-0.2, 0) is 6.18 Å². The molecule has 0 atom stereocenters. The van der Waals surface area contributed by atoms with Gasteiger partial charge in [-0.2, -0.15) is 18.2 Å². The maximum atomic E-state index is 12.7. The molecular weight excluding hydrogens is 423 g/mol. The molecule has 0 bridgehead atoms. The number of anilines is 1. The number of piperazine rings is 1. The molecule has 0 aliphatic carbocycles. The molecule has 7 nitrogen and oxygen atoms in total. The van der Waals surface area contributed by atoms with E-state index in [0.717, 1.165) is 23.5 Å². The van der Waals surface area contributed by atoms with Crippen molar-refractivity contribution in [3.63, 3.8) is 0 Å². The lowest BCUT2D eigenvalue weighted by Gasteiger charge is -2.35. The Hall–Kier alpha value is -3.43. The number of alkyl halides is 3. The summed E-state index contributed by atoms with van der Waals surface area (Å²) in [6.07, 6.45) is -2.74. The lowest BCUT2D eigenvalue weighted by Crippen LogP contribution is -2.49. The van der Waals surface area contributed by atoms with Crippen molar-refractivity contribution in [2.24, 2.45) is 0 Å². The molecule has 0 saturated carbocycles. The van der Waals surface area contributed by atoms with Crippen molar-refractivity contribution in [1.82, 2.24) is 20.0 Å². The Balaban J connectivity index is 1.36. The highest BCUT2D eigenvalue weighted by Crippen LogP contribution is 2.29. The van der Waals surface area contributed by atoms with E-state index in [2.05, 4.69) is 20.0 Å². The topological polar surface area (TPSA) is 75.4 Å². The van der Waals surface area contributed by atoms with Gasteiger partial charge >= 0.3 is 6.18 Å². The number of nitrogens with zero attached hydrogens (tertiary/aromatic N) is 5. The third kappa shape index (κ3) is 4.58. The summed E-state index contributed by atoms with van der Waals surface area (Å²) in [5.41, 5.74) is 0.227. The van der Waals surface area contributed by atoms with E-state index < -0.39 is 11.7 Å². The first kappa shape index (κ1) is 21.8. The molecule has 0 unspecified atom stereocenters. The second-order valence-electron chi connectivity index (χ2n) is 7.87. The van der Waals surface area contributed by atoms with Gasteiger partial charge in [-0.1, -0.05) is 19.0 Å². The Labute approximate surface area is 182 Å². The SMILES string of the molecule is CC(C)c1nc(-c2ccc(N3CCN(C(=O)c4ccc(C(F)(F)F)cc4)CC3)nc2)no1. The van der Waals surface area contributed by atoms with Gasteiger partial charge in [-0.05, 0) is 36.4 Å². The van der Waals surface area contributed by atoms with E-state index in [9.17, 15) is 18.0 Å². The van der Waals surface area contributed by atoms with Crippen LogP contribution in [0.5, 0.6) is 0 Å². The third-order valence-electron chi connectivity index (χ3n) is 5.29. The van der Waals surface area contributed by atoms with Gasteiger partial charge in [0.2, 0.25) is 11.7 Å². The summed E-state index contributed by atoms with van der Waals surface area (Å²) in [5, 5.41) is 3.98. The van der Waals surface area contributed by atoms with Crippen molar-refractivity contribution in [1.29, 1.82) is 0 Å². The number of aromatic nitrogens is 3. The summed E-state index contributed by atoms with van der Waals surface area (Å²) < 4.78 is 43.4. The van der Waals surface area contributed by atoms with Crippen molar-refractivity contribution in [2.75, 3.05) is 31.1 Å². The molecule has 3 heterocycles. The van der Waals surface area contributed by atoms with E-state index >= 15 is 0 Å². The summed E-state index contributed by atoms with van der Waals surface area (Å²) >= 11 is 0. The molecular formula is C22H22F3N5O2. The summed E-state index contributed by atoms with van der Waals surface area (Å²) in [7, 11) is 0. The van der Waals surface area contributed by atoms with Gasteiger partial charge in [0.05, 0.1) is 5.56 Å². The van der Waals surface area contributed by atoms with Gasteiger partial charge in [0.15, 0.2) is 0 Å². The summed E-state index contributed by atoms with van der Waals surface area (Å²) in [6, 6.07) is 8.05. The highest BCUT2D eigenvalue weighted by molar-refractivity contribution is 5.94. The van der Waals surface area contributed by atoms with E-state index in [-0.39, 0.29) is 17.4 Å². The highest BCUT2D eigenvalue weighted by atomic mass is 19.4. The molecule has 0 N–H and O–H groups in total. The molecule has 168 valence electrons. The Morgan fingerprint density at radius 1 is 1.03 bits per heavy atom. The molecule has 10 heteroatoms. The van der Waals surface area contributed by atoms with E-state index in [1.54, 1.807) is 11.1 Å². The van der Waals surface area contributed by atoms with Crippen LogP contribution >= 0.6 is 0 Å². The van der Waals surface area contributed by atoms with E-state index in [1.165, 1.54) is 12.1 Å². The molecule has 1 saturated heterocycles. The predicted octanol–water partition coefficient (Wildman–Crippen LogP) is 4.24. The molecule has 3 aromatic rings. The smallest absolute Gasteiger partial charge is 0.353 e. The largest absolute Gasteiger partial charge is 0.416 e. The fourth-order valence-electron chi connectivity index (χ4n) is 3.42. The van der Waals surface area contributed by atoms with Crippen molar-refractivity contribution in [2.45, 2.75) is 25.9 Å². The molecule has 1 amide bonds. The van der Waals surface area contributed by atoms with Crippen molar-refractivity contribution in [3.8, 4) is 11.4 Å². The second kappa shape index (κ2) is 8.60. The Morgan fingerprint density at radius 3 is 2.25 bits per heavy atom. The van der Waals surface area contributed by atoms with E-state index in [0.29, 0.717) is 37.9 Å². The second-order valence-corrected chi connectivity index (χ2v) is 7.87. The van der Waals surface area contributed by atoms with Crippen LogP contribution in [-0.4, -0.2) is 52.1 Å². The first-order valence-electron chi connectivity index (χ1n) is 10.2. The normalized spacial score (nSPS) is 14.8. The average Bonchev–Trinajstić information content (AvgIpc) is 3.29. The predicted molar refractivity (Wildman–Crippen MR) is 111 cm³/mol. The summed E-state index contributed by atoms with van der Waals surface area (Å²) in [4.78, 5) is 25.2. The van der Waals surface area contributed by atoms with Crippen LogP contribution in [0.3, 0.4) is 0 Å². The van der Waals surface area contributed by atoms with Gasteiger partial charge in [0.25, 0.3) is 5.91 Å². The zero-order valence-corrected chi connectivity index (χ0v) is 17.6. The van der Waals surface area contributed by atoms with Crippen LogP contribution in [0, 0.1) is 0 Å². The molecule has 32 heavy (non-hydrogen) atoms. The van der Waals surface area contributed by atoms with E-state index in [1.807, 2.05) is 26.0 Å². The lowest BCUT2D eigenvalue weighted by molar-refractivity contribution is -0.137. The maximum absolute atomic E-state index is 12.7. The van der Waals surface area contributed by atoms with Gasteiger partial charge in [0.1, 0.15) is 5.82 Å². The van der Waals surface area contributed by atoms with Gasteiger partial charge in [-0.25, -0.2) is 4.98 Å². The molecule has 2 aromatic heterocycles. The van der Waals surface area contributed by atoms with E-state index in [4.69, 9.17) is 4.52 Å². The van der Waals surface area contributed by atoms with Crippen LogP contribution < -0.4 is 4.90 Å². The molecule has 4 rings (SSSR count). The first-order chi connectivity index (χ1) is 15.2. The molecule has 1 aliphatic heterocycles. The fourth-order valence-corrected chi connectivity index (χ4v) is 3.42. The minimum Gasteiger partial charge on any atom is -0.353 e. The molecule has 0 radical (unpaired) electrons. The number of benzene rings is 1. The Bertz CT molecular complexity index is 1070. The quantitative estimate of drug-likeness (QED) is 0.598. The van der Waals surface area contributed by atoms with Gasteiger partial charge in [0, 0.05) is 49.4 Å². The van der Waals surface area contributed by atoms with Crippen molar-refractivity contribution >= 4 is 11.7 Å². The monoisotopic (exact) mass is 445 g/mol.